The van der Waals surface area contributed by atoms with E-state index in [2.05, 4.69) is 5.32 Å². The first-order valence-electron chi connectivity index (χ1n) is 6.50. The van der Waals surface area contributed by atoms with Crippen molar-refractivity contribution in [3.8, 4) is 0 Å². The topological polar surface area (TPSA) is 58.6 Å². The number of nitrogens with zero attached hydrogens (tertiary/aromatic N) is 1. The molecular formula is C12H20N2O3S2. The van der Waals surface area contributed by atoms with Crippen molar-refractivity contribution in [2.45, 2.75) is 24.1 Å². The van der Waals surface area contributed by atoms with E-state index >= 15 is 0 Å². The van der Waals surface area contributed by atoms with E-state index in [9.17, 15) is 8.42 Å². The van der Waals surface area contributed by atoms with E-state index in [1.807, 2.05) is 12.3 Å². The fourth-order valence-electron chi connectivity index (χ4n) is 1.94. The minimum atomic E-state index is -3.35. The zero-order valence-corrected chi connectivity index (χ0v) is 12.7. The first kappa shape index (κ1) is 14.9. The van der Waals surface area contributed by atoms with Crippen molar-refractivity contribution in [2.24, 2.45) is 0 Å². The van der Waals surface area contributed by atoms with Crippen molar-refractivity contribution in [1.29, 1.82) is 0 Å². The quantitative estimate of drug-likeness (QED) is 0.890. The van der Waals surface area contributed by atoms with Crippen LogP contribution in [0.15, 0.2) is 15.7 Å². The molecule has 1 aliphatic rings. The Morgan fingerprint density at radius 2 is 2.26 bits per heavy atom. The summed E-state index contributed by atoms with van der Waals surface area (Å²) < 4.78 is 32.2. The molecule has 0 unspecified atom stereocenters. The van der Waals surface area contributed by atoms with Crippen LogP contribution in [0.5, 0.6) is 0 Å². The molecule has 2 rings (SSSR count). The third-order valence-corrected chi connectivity index (χ3v) is 6.35. The normalized spacial score (nSPS) is 18.4. The molecule has 0 saturated carbocycles. The maximum absolute atomic E-state index is 12.5. The minimum Gasteiger partial charge on any atom is -0.380 e. The zero-order chi connectivity index (χ0) is 13.7. The van der Waals surface area contributed by atoms with Gasteiger partial charge in [-0.1, -0.05) is 6.92 Å². The number of rotatable bonds is 5. The van der Waals surface area contributed by atoms with Gasteiger partial charge in [-0.05, 0) is 30.0 Å². The average Bonchev–Trinajstić information content (AvgIpc) is 2.70. The van der Waals surface area contributed by atoms with Crippen molar-refractivity contribution in [3.05, 3.63) is 17.0 Å². The van der Waals surface area contributed by atoms with E-state index in [4.69, 9.17) is 4.74 Å². The summed E-state index contributed by atoms with van der Waals surface area (Å²) in [5, 5.41) is 5.10. The molecule has 108 valence electrons. The number of nitrogens with one attached hydrogen (secondary N) is 1. The Hall–Kier alpha value is -0.470. The molecule has 1 fully saturated rings. The second-order valence-corrected chi connectivity index (χ2v) is 7.50. The van der Waals surface area contributed by atoms with Crippen LogP contribution in [0.25, 0.3) is 0 Å². The van der Waals surface area contributed by atoms with Crippen LogP contribution in [0.2, 0.25) is 0 Å². The molecule has 1 saturated heterocycles. The first-order chi connectivity index (χ1) is 9.14. The van der Waals surface area contributed by atoms with Crippen molar-refractivity contribution >= 4 is 21.4 Å². The Bertz CT molecular complexity index is 491. The van der Waals surface area contributed by atoms with Gasteiger partial charge in [0.05, 0.1) is 6.61 Å². The van der Waals surface area contributed by atoms with Crippen molar-refractivity contribution in [3.63, 3.8) is 0 Å². The van der Waals surface area contributed by atoms with Gasteiger partial charge in [0, 0.05) is 26.2 Å². The van der Waals surface area contributed by atoms with Crippen LogP contribution in [0.3, 0.4) is 0 Å². The van der Waals surface area contributed by atoms with Gasteiger partial charge in [0.25, 0.3) is 10.0 Å². The molecule has 1 aromatic heterocycles. The van der Waals surface area contributed by atoms with Gasteiger partial charge in [0.2, 0.25) is 0 Å². The lowest BCUT2D eigenvalue weighted by Gasteiger charge is -2.17. The van der Waals surface area contributed by atoms with Crippen LogP contribution >= 0.6 is 11.3 Å². The van der Waals surface area contributed by atoms with Gasteiger partial charge in [-0.25, -0.2) is 8.42 Å². The van der Waals surface area contributed by atoms with E-state index in [-0.39, 0.29) is 0 Å². The van der Waals surface area contributed by atoms with Gasteiger partial charge in [0.1, 0.15) is 4.21 Å². The Labute approximate surface area is 118 Å². The van der Waals surface area contributed by atoms with Gasteiger partial charge in [-0.3, -0.25) is 0 Å². The predicted molar refractivity (Wildman–Crippen MR) is 75.9 cm³/mol. The van der Waals surface area contributed by atoms with Crippen LogP contribution < -0.4 is 5.32 Å². The fraction of sp³-hybridized carbons (Fsp3) is 0.667. The van der Waals surface area contributed by atoms with Crippen LogP contribution in [-0.2, 0) is 21.3 Å². The number of hydrogen-bond acceptors (Lipinski definition) is 5. The lowest BCUT2D eigenvalue weighted by molar-refractivity contribution is 0.148. The summed E-state index contributed by atoms with van der Waals surface area (Å²) in [6.07, 6.45) is 0.759. The highest BCUT2D eigenvalue weighted by Crippen LogP contribution is 2.24. The molecule has 0 atom stereocenters. The Balaban J connectivity index is 2.11. The number of ether oxygens (including phenoxy) is 1. The highest BCUT2D eigenvalue weighted by atomic mass is 32.2. The molecule has 1 aliphatic heterocycles. The molecule has 19 heavy (non-hydrogen) atoms. The number of hydrogen-bond donors (Lipinski definition) is 1. The molecule has 0 aromatic carbocycles. The summed E-state index contributed by atoms with van der Waals surface area (Å²) in [6, 6.07) is 1.77. The van der Waals surface area contributed by atoms with E-state index in [1.165, 1.54) is 15.6 Å². The van der Waals surface area contributed by atoms with Crippen LogP contribution in [0, 0.1) is 0 Å². The summed E-state index contributed by atoms with van der Waals surface area (Å²) in [6.45, 7) is 5.73. The standard InChI is InChI=1S/C12H20N2O3S2/c1-2-13-9-11-8-12(18-10-11)19(15,16)14-4-3-6-17-7-5-14/h8,10,13H,2-7,9H2,1H3. The maximum Gasteiger partial charge on any atom is 0.252 e. The molecule has 2 heterocycles. The monoisotopic (exact) mass is 304 g/mol. The van der Waals surface area contributed by atoms with Crippen molar-refractivity contribution in [2.75, 3.05) is 32.8 Å². The Kier molecular flexibility index (Phi) is 5.35. The molecule has 7 heteroatoms. The second kappa shape index (κ2) is 6.81. The van der Waals surface area contributed by atoms with E-state index in [0.29, 0.717) is 37.1 Å². The second-order valence-electron chi connectivity index (χ2n) is 4.42. The third kappa shape index (κ3) is 3.76. The van der Waals surface area contributed by atoms with Gasteiger partial charge < -0.3 is 10.1 Å². The highest BCUT2D eigenvalue weighted by molar-refractivity contribution is 7.91. The van der Waals surface area contributed by atoms with Crippen molar-refractivity contribution < 1.29 is 13.2 Å². The van der Waals surface area contributed by atoms with Crippen LogP contribution in [-0.4, -0.2) is 45.6 Å². The summed E-state index contributed by atoms with van der Waals surface area (Å²) in [7, 11) is -3.35. The van der Waals surface area contributed by atoms with Gasteiger partial charge >= 0.3 is 0 Å². The average molecular weight is 304 g/mol. The molecule has 5 nitrogen and oxygen atoms in total. The molecule has 1 N–H and O–H groups in total. The first-order valence-corrected chi connectivity index (χ1v) is 8.82. The molecular weight excluding hydrogens is 284 g/mol. The summed E-state index contributed by atoms with van der Waals surface area (Å²) in [4.78, 5) is 0. The molecule has 0 amide bonds. The van der Waals surface area contributed by atoms with Crippen LogP contribution in [0.1, 0.15) is 18.9 Å². The van der Waals surface area contributed by atoms with Gasteiger partial charge in [0.15, 0.2) is 0 Å². The summed E-state index contributed by atoms with van der Waals surface area (Å²) in [5.41, 5.74) is 1.02. The fourth-order valence-corrected chi connectivity index (χ4v) is 4.77. The SMILES string of the molecule is CCNCc1csc(S(=O)(=O)N2CCCOCC2)c1. The van der Waals surface area contributed by atoms with Gasteiger partial charge in [-0.15, -0.1) is 11.3 Å². The lowest BCUT2D eigenvalue weighted by Crippen LogP contribution is -2.32. The molecule has 0 radical (unpaired) electrons. The van der Waals surface area contributed by atoms with Gasteiger partial charge in [-0.2, -0.15) is 4.31 Å². The summed E-state index contributed by atoms with van der Waals surface area (Å²) in [5.74, 6) is 0. The largest absolute Gasteiger partial charge is 0.380 e. The van der Waals surface area contributed by atoms with E-state index in [0.717, 1.165) is 18.5 Å². The molecule has 0 aliphatic carbocycles. The van der Waals surface area contributed by atoms with Crippen LogP contribution in [0.4, 0.5) is 0 Å². The predicted octanol–water partition coefficient (Wildman–Crippen LogP) is 1.27. The molecule has 0 bridgehead atoms. The lowest BCUT2D eigenvalue weighted by atomic mass is 10.3. The number of sulfonamides is 1. The maximum atomic E-state index is 12.5. The highest BCUT2D eigenvalue weighted by Gasteiger charge is 2.26. The third-order valence-electron chi connectivity index (χ3n) is 2.98. The molecule has 1 aromatic rings. The summed E-state index contributed by atoms with van der Waals surface area (Å²) >= 11 is 1.30. The van der Waals surface area contributed by atoms with Crippen molar-refractivity contribution in [1.82, 2.24) is 9.62 Å². The minimum absolute atomic E-state index is 0.433. The smallest absolute Gasteiger partial charge is 0.252 e. The van der Waals surface area contributed by atoms with E-state index in [1.54, 1.807) is 6.07 Å². The molecule has 0 spiro atoms. The Morgan fingerprint density at radius 1 is 1.42 bits per heavy atom. The Morgan fingerprint density at radius 3 is 3.05 bits per heavy atom. The van der Waals surface area contributed by atoms with E-state index < -0.39 is 10.0 Å². The number of thiophene rings is 1. The zero-order valence-electron chi connectivity index (χ0n) is 11.1.